The van der Waals surface area contributed by atoms with Crippen LogP contribution in [0.2, 0.25) is 0 Å². The number of nitrogens with one attached hydrogen (secondary N) is 1. The van der Waals surface area contributed by atoms with Gasteiger partial charge in [0, 0.05) is 42.8 Å². The van der Waals surface area contributed by atoms with Gasteiger partial charge in [-0.15, -0.1) is 0 Å². The molecule has 2 heterocycles. The predicted octanol–water partition coefficient (Wildman–Crippen LogP) is 5.63. The Labute approximate surface area is 273 Å². The quantitative estimate of drug-likeness (QED) is 0.0935. The monoisotopic (exact) mass is 642 g/mol. The lowest BCUT2D eigenvalue weighted by Gasteiger charge is -2.41. The first-order chi connectivity index (χ1) is 22.2. The van der Waals surface area contributed by atoms with Crippen molar-refractivity contribution in [3.05, 3.63) is 125 Å². The van der Waals surface area contributed by atoms with Gasteiger partial charge in [-0.1, -0.05) is 85.4 Å². The molecule has 0 spiro atoms. The van der Waals surface area contributed by atoms with Gasteiger partial charge in [0.05, 0.1) is 18.8 Å². The van der Waals surface area contributed by atoms with Crippen molar-refractivity contribution in [2.45, 2.75) is 63.6 Å². The van der Waals surface area contributed by atoms with Crippen LogP contribution in [0.15, 0.2) is 102 Å². The highest BCUT2D eigenvalue weighted by atomic mass is 32.2. The third kappa shape index (κ3) is 8.32. The molecule has 10 heteroatoms. The summed E-state index contributed by atoms with van der Waals surface area (Å²) in [6.45, 7) is 5.17. The van der Waals surface area contributed by atoms with Gasteiger partial charge in [-0.25, -0.2) is 0 Å². The molecule has 1 saturated heterocycles. The van der Waals surface area contributed by atoms with Gasteiger partial charge in [0.25, 0.3) is 10.9 Å². The number of amides is 1. The number of benzene rings is 3. The Hall–Kier alpha value is -4.22. The number of ether oxygens (including phenoxy) is 3. The fourth-order valence-corrected chi connectivity index (χ4v) is 6.41. The van der Waals surface area contributed by atoms with Gasteiger partial charge in [0.2, 0.25) is 0 Å². The van der Waals surface area contributed by atoms with Crippen molar-refractivity contribution < 1.29 is 33.6 Å². The number of esters is 1. The zero-order valence-electron chi connectivity index (χ0n) is 26.0. The van der Waals surface area contributed by atoms with Gasteiger partial charge < -0.3 is 29.8 Å². The Balaban J connectivity index is 1.32. The van der Waals surface area contributed by atoms with E-state index in [0.29, 0.717) is 17.3 Å². The summed E-state index contributed by atoms with van der Waals surface area (Å²) >= 11 is 1.46. The van der Waals surface area contributed by atoms with Crippen molar-refractivity contribution in [2.75, 3.05) is 5.75 Å². The number of aromatic nitrogens is 1. The van der Waals surface area contributed by atoms with Crippen LogP contribution in [0.4, 0.5) is 0 Å². The Morgan fingerprint density at radius 1 is 0.957 bits per heavy atom. The fourth-order valence-electron chi connectivity index (χ4n) is 5.33. The highest BCUT2D eigenvalue weighted by Crippen LogP contribution is 2.43. The second-order valence-electron chi connectivity index (χ2n) is 11.3. The van der Waals surface area contributed by atoms with Crippen LogP contribution in [0.3, 0.4) is 0 Å². The lowest BCUT2D eigenvalue weighted by atomic mass is 9.91. The van der Waals surface area contributed by atoms with Gasteiger partial charge >= 0.3 is 5.97 Å². The number of nitrogens with zero attached hydrogens (tertiary/aromatic N) is 1. The summed E-state index contributed by atoms with van der Waals surface area (Å²) < 4.78 is 18.9. The van der Waals surface area contributed by atoms with Crippen LogP contribution in [-0.4, -0.2) is 34.9 Å². The first kappa shape index (κ1) is 33.2. The number of rotatable bonds is 11. The molecule has 0 aliphatic carbocycles. The Kier molecular flexibility index (Phi) is 11.1. The second kappa shape index (κ2) is 15.4. The molecule has 1 fully saturated rings. The van der Waals surface area contributed by atoms with Crippen molar-refractivity contribution in [1.82, 2.24) is 5.32 Å². The molecule has 5 atom stereocenters. The zero-order chi connectivity index (χ0) is 32.6. The number of carbonyl (C=O) groups is 2. The summed E-state index contributed by atoms with van der Waals surface area (Å²) in [7, 11) is 0. The third-order valence-electron chi connectivity index (χ3n) is 7.93. The van der Waals surface area contributed by atoms with Crippen LogP contribution in [0.5, 0.6) is 0 Å². The van der Waals surface area contributed by atoms with E-state index < -0.39 is 18.4 Å². The predicted molar refractivity (Wildman–Crippen MR) is 174 cm³/mol. The van der Waals surface area contributed by atoms with Crippen molar-refractivity contribution in [3.63, 3.8) is 0 Å². The molecule has 9 nitrogen and oxygen atoms in total. The molecule has 2 N–H and O–H groups in total. The summed E-state index contributed by atoms with van der Waals surface area (Å²) in [5.74, 6) is -0.300. The SMILES string of the molecule is CC(=O)O[C@@H](C)C(=O)NCc1cccc(-c2ccc([C@@H]3O[C@H](CSc4cccc[n+]4[O-])[C@H](C)[C@H](c4ccc(CO)cc4)O3)cc2)c1. The molecular weight excluding hydrogens is 604 g/mol. The van der Waals surface area contributed by atoms with E-state index in [0.717, 1.165) is 38.1 Å². The van der Waals surface area contributed by atoms with Crippen molar-refractivity contribution >= 4 is 23.6 Å². The topological polar surface area (TPSA) is 121 Å². The third-order valence-corrected chi connectivity index (χ3v) is 9.04. The smallest absolute Gasteiger partial charge is 0.303 e. The standard InChI is InChI=1S/C36H38N2O7S/c1-23-32(22-46-33-9-4-5-18-38(33)42)44-36(45-34(23)29-12-10-26(21-39)11-13-29)30-16-14-28(15-17-30)31-8-6-7-27(19-31)20-37-35(41)24(2)43-25(3)40/h4-19,23-24,32,34,36,39H,20-22H2,1-3H3,(H,37,41)/t23-,24-,32+,34+,36+/m0/s1. The molecule has 3 aromatic carbocycles. The van der Waals surface area contributed by atoms with E-state index in [1.165, 1.54) is 31.8 Å². The van der Waals surface area contributed by atoms with Gasteiger partial charge in [-0.05, 0) is 46.9 Å². The molecule has 0 unspecified atom stereocenters. The fraction of sp³-hybridized carbons (Fsp3) is 0.306. The van der Waals surface area contributed by atoms with Crippen LogP contribution in [0.25, 0.3) is 11.1 Å². The largest absolute Gasteiger partial charge is 0.618 e. The maximum atomic E-state index is 12.3. The minimum atomic E-state index is -0.862. The number of thioether (sulfide) groups is 1. The van der Waals surface area contributed by atoms with E-state index in [1.807, 2.05) is 78.9 Å². The first-order valence-corrected chi connectivity index (χ1v) is 16.2. The van der Waals surface area contributed by atoms with E-state index >= 15 is 0 Å². The molecule has 0 bridgehead atoms. The molecule has 240 valence electrons. The molecule has 1 aliphatic heterocycles. The summed E-state index contributed by atoms with van der Waals surface area (Å²) in [6.07, 6.45) is -0.470. The highest BCUT2D eigenvalue weighted by Gasteiger charge is 2.38. The van der Waals surface area contributed by atoms with Gasteiger partial charge in [0.15, 0.2) is 18.6 Å². The zero-order valence-corrected chi connectivity index (χ0v) is 26.8. The first-order valence-electron chi connectivity index (χ1n) is 15.2. The van der Waals surface area contributed by atoms with Crippen LogP contribution in [0.1, 0.15) is 55.4 Å². The maximum Gasteiger partial charge on any atom is 0.303 e. The van der Waals surface area contributed by atoms with Gasteiger partial charge in [-0.3, -0.25) is 9.59 Å². The summed E-state index contributed by atoms with van der Waals surface area (Å²) in [5.41, 5.74) is 5.57. The average molecular weight is 643 g/mol. The molecular formula is C36H38N2O7S. The number of aliphatic hydroxyl groups is 1. The van der Waals surface area contributed by atoms with Crippen molar-refractivity contribution in [2.24, 2.45) is 5.92 Å². The lowest BCUT2D eigenvalue weighted by molar-refractivity contribution is -0.645. The van der Waals surface area contributed by atoms with Crippen LogP contribution in [0, 0.1) is 11.1 Å². The second-order valence-corrected chi connectivity index (χ2v) is 12.3. The summed E-state index contributed by atoms with van der Waals surface area (Å²) in [6, 6.07) is 29.0. The molecule has 46 heavy (non-hydrogen) atoms. The van der Waals surface area contributed by atoms with Crippen LogP contribution < -0.4 is 10.0 Å². The minimum Gasteiger partial charge on any atom is -0.618 e. The van der Waals surface area contributed by atoms with Gasteiger partial charge in [-0.2, -0.15) is 4.73 Å². The Bertz CT molecular complexity index is 1630. The molecule has 4 aromatic rings. The van der Waals surface area contributed by atoms with E-state index in [9.17, 15) is 19.9 Å². The number of aliphatic hydroxyl groups excluding tert-OH is 1. The summed E-state index contributed by atoms with van der Waals surface area (Å²) in [5, 5.41) is 25.2. The van der Waals surface area contributed by atoms with Gasteiger partial charge in [0.1, 0.15) is 0 Å². The van der Waals surface area contributed by atoms with E-state index in [2.05, 4.69) is 12.2 Å². The van der Waals surface area contributed by atoms with Crippen molar-refractivity contribution in [1.29, 1.82) is 0 Å². The summed E-state index contributed by atoms with van der Waals surface area (Å²) in [4.78, 5) is 23.4. The van der Waals surface area contributed by atoms with Crippen LogP contribution >= 0.6 is 11.8 Å². The molecule has 0 saturated carbocycles. The molecule has 1 aromatic heterocycles. The highest BCUT2D eigenvalue weighted by molar-refractivity contribution is 7.99. The molecule has 0 radical (unpaired) electrons. The van der Waals surface area contributed by atoms with E-state index in [4.69, 9.17) is 14.2 Å². The van der Waals surface area contributed by atoms with E-state index in [-0.39, 0.29) is 30.6 Å². The normalized spacial score (nSPS) is 20.1. The van der Waals surface area contributed by atoms with Crippen LogP contribution in [-0.2, 0) is 37.0 Å². The molecule has 1 amide bonds. The minimum absolute atomic E-state index is 0.00736. The lowest BCUT2D eigenvalue weighted by Crippen LogP contribution is -2.39. The number of hydrogen-bond donors (Lipinski definition) is 2. The Morgan fingerprint density at radius 2 is 1.70 bits per heavy atom. The molecule has 1 aliphatic rings. The van der Waals surface area contributed by atoms with E-state index in [1.54, 1.807) is 12.1 Å². The average Bonchev–Trinajstić information content (AvgIpc) is 3.07. The number of pyridine rings is 1. The number of carbonyl (C=O) groups excluding carboxylic acids is 2. The maximum absolute atomic E-state index is 12.3. The number of hydrogen-bond acceptors (Lipinski definition) is 8. The van der Waals surface area contributed by atoms with Crippen molar-refractivity contribution in [3.8, 4) is 11.1 Å². The Morgan fingerprint density at radius 3 is 2.39 bits per heavy atom. The molecule has 5 rings (SSSR count).